The van der Waals surface area contributed by atoms with Gasteiger partial charge in [0.05, 0.1) is 0 Å². The summed E-state index contributed by atoms with van der Waals surface area (Å²) in [6.45, 7) is 4.40. The molecule has 1 unspecified atom stereocenters. The topological polar surface area (TPSA) is 21.3 Å². The summed E-state index contributed by atoms with van der Waals surface area (Å²) < 4.78 is 20.1. The van der Waals surface area contributed by atoms with Crippen molar-refractivity contribution in [3.05, 3.63) is 63.4 Å². The van der Waals surface area contributed by atoms with Crippen LogP contribution >= 0.6 is 15.9 Å². The smallest absolute Gasteiger partial charge is 0.124 e. The third-order valence-electron chi connectivity index (χ3n) is 3.56. The van der Waals surface area contributed by atoms with Gasteiger partial charge in [-0.2, -0.15) is 0 Å². The van der Waals surface area contributed by atoms with E-state index in [0.717, 1.165) is 26.9 Å². The lowest BCUT2D eigenvalue weighted by molar-refractivity contribution is 0.299. The van der Waals surface area contributed by atoms with Crippen LogP contribution < -0.4 is 10.1 Å². The van der Waals surface area contributed by atoms with E-state index in [1.807, 2.05) is 32.2 Å². The number of aryl methyl sites for hydroxylation is 1. The van der Waals surface area contributed by atoms with Gasteiger partial charge in [-0.3, -0.25) is 0 Å². The molecule has 112 valence electrons. The Morgan fingerprint density at radius 3 is 2.67 bits per heavy atom. The summed E-state index contributed by atoms with van der Waals surface area (Å²) >= 11 is 3.48. The Hall–Kier alpha value is -1.39. The van der Waals surface area contributed by atoms with E-state index in [1.54, 1.807) is 6.07 Å². The van der Waals surface area contributed by atoms with E-state index in [-0.39, 0.29) is 11.9 Å². The molecule has 0 aliphatic rings. The Kier molecular flexibility index (Phi) is 5.37. The maximum absolute atomic E-state index is 13.1. The molecule has 0 bridgehead atoms. The number of hydrogen-bond acceptors (Lipinski definition) is 2. The van der Waals surface area contributed by atoms with Crippen LogP contribution in [-0.2, 0) is 6.61 Å². The molecule has 4 heteroatoms. The fourth-order valence-corrected chi connectivity index (χ4v) is 2.50. The van der Waals surface area contributed by atoms with Gasteiger partial charge in [0, 0.05) is 16.1 Å². The molecule has 0 heterocycles. The molecule has 0 radical (unpaired) electrons. The predicted octanol–water partition coefficient (Wildman–Crippen LogP) is 4.76. The maximum atomic E-state index is 13.1. The van der Waals surface area contributed by atoms with E-state index in [1.165, 1.54) is 12.1 Å². The highest BCUT2D eigenvalue weighted by atomic mass is 79.9. The van der Waals surface area contributed by atoms with Crippen molar-refractivity contribution in [1.29, 1.82) is 0 Å². The summed E-state index contributed by atoms with van der Waals surface area (Å²) in [6.07, 6.45) is 0. The maximum Gasteiger partial charge on any atom is 0.124 e. The quantitative estimate of drug-likeness (QED) is 0.838. The average Bonchev–Trinajstić information content (AvgIpc) is 2.46. The van der Waals surface area contributed by atoms with Gasteiger partial charge in [-0.05, 0) is 62.4 Å². The molecular formula is C17H19BrFNO. The van der Waals surface area contributed by atoms with Gasteiger partial charge in [-0.1, -0.05) is 22.0 Å². The van der Waals surface area contributed by atoms with Crippen LogP contribution in [0.3, 0.4) is 0 Å². The highest BCUT2D eigenvalue weighted by molar-refractivity contribution is 9.10. The van der Waals surface area contributed by atoms with Gasteiger partial charge in [0.15, 0.2) is 0 Å². The molecule has 1 N–H and O–H groups in total. The molecule has 2 rings (SSSR count). The molecule has 1 atom stereocenters. The van der Waals surface area contributed by atoms with Gasteiger partial charge >= 0.3 is 0 Å². The Morgan fingerprint density at radius 1 is 1.24 bits per heavy atom. The highest BCUT2D eigenvalue weighted by Gasteiger charge is 2.11. The van der Waals surface area contributed by atoms with Crippen LogP contribution in [0.15, 0.2) is 40.9 Å². The van der Waals surface area contributed by atoms with Crippen molar-refractivity contribution < 1.29 is 9.13 Å². The minimum absolute atomic E-state index is 0.187. The zero-order valence-electron chi connectivity index (χ0n) is 12.4. The van der Waals surface area contributed by atoms with E-state index in [9.17, 15) is 4.39 Å². The number of ether oxygens (including phenoxy) is 1. The summed E-state index contributed by atoms with van der Waals surface area (Å²) in [5.41, 5.74) is 2.98. The van der Waals surface area contributed by atoms with E-state index >= 15 is 0 Å². The molecule has 21 heavy (non-hydrogen) atoms. The molecule has 0 saturated carbocycles. The SMILES string of the molecule is CNC(C)c1cc(Br)ccc1OCc1ccc(F)cc1C. The van der Waals surface area contributed by atoms with Crippen LogP contribution in [0.4, 0.5) is 4.39 Å². The van der Waals surface area contributed by atoms with Gasteiger partial charge in [-0.15, -0.1) is 0 Å². The second-order valence-corrected chi connectivity index (χ2v) is 5.97. The van der Waals surface area contributed by atoms with Crippen LogP contribution in [0.1, 0.15) is 29.7 Å². The first kappa shape index (κ1) is 16.0. The molecule has 0 fully saturated rings. The predicted molar refractivity (Wildman–Crippen MR) is 87.1 cm³/mol. The number of nitrogens with one attached hydrogen (secondary N) is 1. The normalized spacial score (nSPS) is 12.2. The van der Waals surface area contributed by atoms with E-state index < -0.39 is 0 Å². The lowest BCUT2D eigenvalue weighted by Gasteiger charge is -2.17. The van der Waals surface area contributed by atoms with Crippen LogP contribution in [0, 0.1) is 12.7 Å². The van der Waals surface area contributed by atoms with E-state index in [4.69, 9.17) is 4.74 Å². The molecule has 0 saturated heterocycles. The van der Waals surface area contributed by atoms with Crippen molar-refractivity contribution in [3.63, 3.8) is 0 Å². The molecule has 0 amide bonds. The average molecular weight is 352 g/mol. The number of hydrogen-bond donors (Lipinski definition) is 1. The van der Waals surface area contributed by atoms with E-state index in [0.29, 0.717) is 6.61 Å². The molecule has 0 aliphatic carbocycles. The summed E-state index contributed by atoms with van der Waals surface area (Å²) in [7, 11) is 1.92. The number of benzene rings is 2. The summed E-state index contributed by atoms with van der Waals surface area (Å²) in [4.78, 5) is 0. The minimum atomic E-state index is -0.218. The monoisotopic (exact) mass is 351 g/mol. The zero-order valence-corrected chi connectivity index (χ0v) is 14.0. The zero-order chi connectivity index (χ0) is 15.4. The standard InChI is InChI=1S/C17H19BrFNO/c1-11-8-15(19)6-4-13(11)10-21-17-7-5-14(18)9-16(17)12(2)20-3/h4-9,12,20H,10H2,1-3H3. The summed E-state index contributed by atoms with van der Waals surface area (Å²) in [5.74, 6) is 0.619. The molecule has 2 aromatic carbocycles. The summed E-state index contributed by atoms with van der Waals surface area (Å²) in [5, 5.41) is 3.22. The summed E-state index contributed by atoms with van der Waals surface area (Å²) in [6, 6.07) is 10.9. The Labute approximate surface area is 133 Å². The van der Waals surface area contributed by atoms with Crippen LogP contribution in [0.5, 0.6) is 5.75 Å². The van der Waals surface area contributed by atoms with Gasteiger partial charge in [0.1, 0.15) is 18.2 Å². The number of halogens is 2. The van der Waals surface area contributed by atoms with Crippen LogP contribution in [0.25, 0.3) is 0 Å². The van der Waals surface area contributed by atoms with Crippen molar-refractivity contribution in [2.24, 2.45) is 0 Å². The first-order chi connectivity index (χ1) is 10.0. The van der Waals surface area contributed by atoms with Crippen LogP contribution in [-0.4, -0.2) is 7.05 Å². The lowest BCUT2D eigenvalue weighted by atomic mass is 10.1. The van der Waals surface area contributed by atoms with Crippen molar-refractivity contribution in [2.45, 2.75) is 26.5 Å². The molecule has 0 aromatic heterocycles. The number of rotatable bonds is 5. The molecule has 0 aliphatic heterocycles. The largest absolute Gasteiger partial charge is 0.489 e. The second-order valence-electron chi connectivity index (χ2n) is 5.05. The Balaban J connectivity index is 2.19. The Bertz CT molecular complexity index is 630. The lowest BCUT2D eigenvalue weighted by Crippen LogP contribution is -2.14. The van der Waals surface area contributed by atoms with Crippen molar-refractivity contribution in [3.8, 4) is 5.75 Å². The fraction of sp³-hybridized carbons (Fsp3) is 0.294. The third-order valence-corrected chi connectivity index (χ3v) is 4.05. The molecule has 2 nitrogen and oxygen atoms in total. The van der Waals surface area contributed by atoms with Gasteiger partial charge in [-0.25, -0.2) is 4.39 Å². The van der Waals surface area contributed by atoms with Crippen molar-refractivity contribution in [2.75, 3.05) is 7.05 Å². The third kappa shape index (κ3) is 4.05. The van der Waals surface area contributed by atoms with Crippen molar-refractivity contribution >= 4 is 15.9 Å². The van der Waals surface area contributed by atoms with Gasteiger partial charge in [0.2, 0.25) is 0 Å². The van der Waals surface area contributed by atoms with Crippen molar-refractivity contribution in [1.82, 2.24) is 5.32 Å². The molecule has 2 aromatic rings. The minimum Gasteiger partial charge on any atom is -0.489 e. The Morgan fingerprint density at radius 2 is 2.00 bits per heavy atom. The second kappa shape index (κ2) is 7.05. The van der Waals surface area contributed by atoms with Gasteiger partial charge < -0.3 is 10.1 Å². The van der Waals surface area contributed by atoms with Gasteiger partial charge in [0.25, 0.3) is 0 Å². The highest BCUT2D eigenvalue weighted by Crippen LogP contribution is 2.29. The first-order valence-corrected chi connectivity index (χ1v) is 7.65. The molecule has 0 spiro atoms. The van der Waals surface area contributed by atoms with Crippen LogP contribution in [0.2, 0.25) is 0 Å². The first-order valence-electron chi connectivity index (χ1n) is 6.86. The van der Waals surface area contributed by atoms with E-state index in [2.05, 4.69) is 28.2 Å². The fourth-order valence-electron chi connectivity index (χ4n) is 2.12. The molecular weight excluding hydrogens is 333 g/mol.